The van der Waals surface area contributed by atoms with E-state index in [0.717, 1.165) is 25.0 Å². The fourth-order valence-electron chi connectivity index (χ4n) is 2.52. The SMILES string of the molecule is CCC(N)(CC)CNC(=O)C1CC1c1cc(F)ccc1F. The van der Waals surface area contributed by atoms with Gasteiger partial charge in [0.05, 0.1) is 0 Å². The molecule has 1 aliphatic carbocycles. The molecule has 2 unspecified atom stereocenters. The van der Waals surface area contributed by atoms with Gasteiger partial charge in [-0.2, -0.15) is 0 Å². The molecule has 3 N–H and O–H groups in total. The Balaban J connectivity index is 1.94. The average Bonchev–Trinajstić information content (AvgIpc) is 3.27. The van der Waals surface area contributed by atoms with Crippen molar-refractivity contribution in [2.75, 3.05) is 6.54 Å². The highest BCUT2D eigenvalue weighted by Gasteiger charge is 2.45. The third-order valence-corrected chi connectivity index (χ3v) is 4.51. The summed E-state index contributed by atoms with van der Waals surface area (Å²) in [6, 6.07) is 3.37. The minimum Gasteiger partial charge on any atom is -0.354 e. The predicted molar refractivity (Wildman–Crippen MR) is 77.7 cm³/mol. The van der Waals surface area contributed by atoms with E-state index in [0.29, 0.717) is 18.5 Å². The Labute approximate surface area is 123 Å². The van der Waals surface area contributed by atoms with Crippen LogP contribution >= 0.6 is 0 Å². The molecule has 0 aliphatic heterocycles. The van der Waals surface area contributed by atoms with E-state index >= 15 is 0 Å². The van der Waals surface area contributed by atoms with Crippen molar-refractivity contribution in [1.82, 2.24) is 5.32 Å². The number of carbonyl (C=O) groups is 1. The number of hydrogen-bond acceptors (Lipinski definition) is 2. The van der Waals surface area contributed by atoms with Gasteiger partial charge in [0, 0.05) is 18.0 Å². The van der Waals surface area contributed by atoms with Gasteiger partial charge in [0.15, 0.2) is 0 Å². The number of rotatable bonds is 6. The molecule has 0 aromatic heterocycles. The zero-order valence-corrected chi connectivity index (χ0v) is 12.5. The zero-order chi connectivity index (χ0) is 15.6. The van der Waals surface area contributed by atoms with Gasteiger partial charge in [-0.25, -0.2) is 8.78 Å². The summed E-state index contributed by atoms with van der Waals surface area (Å²) in [7, 11) is 0. The lowest BCUT2D eigenvalue weighted by atomic mass is 9.94. The second kappa shape index (κ2) is 6.10. The van der Waals surface area contributed by atoms with Crippen molar-refractivity contribution in [3.05, 3.63) is 35.4 Å². The summed E-state index contributed by atoms with van der Waals surface area (Å²) in [4.78, 5) is 12.1. The maximum atomic E-state index is 13.7. The third kappa shape index (κ3) is 3.59. The highest BCUT2D eigenvalue weighted by molar-refractivity contribution is 5.83. The fraction of sp³-hybridized carbons (Fsp3) is 0.562. The molecule has 0 saturated heterocycles. The van der Waals surface area contributed by atoms with Gasteiger partial charge in [-0.05, 0) is 48.9 Å². The molecule has 0 bridgehead atoms. The Kier molecular flexibility index (Phi) is 4.61. The maximum absolute atomic E-state index is 13.7. The molecule has 0 radical (unpaired) electrons. The van der Waals surface area contributed by atoms with Crippen molar-refractivity contribution in [1.29, 1.82) is 0 Å². The van der Waals surface area contributed by atoms with Crippen molar-refractivity contribution < 1.29 is 13.6 Å². The second-order valence-electron chi connectivity index (χ2n) is 5.90. The van der Waals surface area contributed by atoms with Crippen LogP contribution in [0.1, 0.15) is 44.6 Å². The van der Waals surface area contributed by atoms with E-state index < -0.39 is 17.2 Å². The van der Waals surface area contributed by atoms with Crippen LogP contribution < -0.4 is 11.1 Å². The Morgan fingerprint density at radius 2 is 2.05 bits per heavy atom. The van der Waals surface area contributed by atoms with Crippen LogP contribution in [0.15, 0.2) is 18.2 Å². The van der Waals surface area contributed by atoms with Gasteiger partial charge in [0.25, 0.3) is 0 Å². The number of amides is 1. The lowest BCUT2D eigenvalue weighted by Gasteiger charge is -2.26. The molecule has 21 heavy (non-hydrogen) atoms. The summed E-state index contributed by atoms with van der Waals surface area (Å²) in [5, 5.41) is 2.84. The molecule has 1 aliphatic rings. The van der Waals surface area contributed by atoms with E-state index in [2.05, 4.69) is 5.32 Å². The highest BCUT2D eigenvalue weighted by Crippen LogP contribution is 2.48. The zero-order valence-electron chi connectivity index (χ0n) is 12.5. The van der Waals surface area contributed by atoms with Gasteiger partial charge in [-0.1, -0.05) is 13.8 Å². The lowest BCUT2D eigenvalue weighted by Crippen LogP contribution is -2.49. The van der Waals surface area contributed by atoms with Crippen LogP contribution in [0.4, 0.5) is 8.78 Å². The number of benzene rings is 1. The standard InChI is InChI=1S/C16H22F2N2O/c1-3-16(19,4-2)9-20-15(21)13-8-11(13)12-7-10(17)5-6-14(12)18/h5-7,11,13H,3-4,8-9,19H2,1-2H3,(H,20,21). The maximum Gasteiger partial charge on any atom is 0.223 e. The first-order valence-electron chi connectivity index (χ1n) is 7.41. The van der Waals surface area contributed by atoms with E-state index in [4.69, 9.17) is 5.73 Å². The lowest BCUT2D eigenvalue weighted by molar-refractivity contribution is -0.122. The summed E-state index contributed by atoms with van der Waals surface area (Å²) in [6.45, 7) is 4.38. The van der Waals surface area contributed by atoms with Gasteiger partial charge in [0.1, 0.15) is 11.6 Å². The van der Waals surface area contributed by atoms with Crippen LogP contribution in [-0.4, -0.2) is 18.0 Å². The molecule has 1 aromatic rings. The van der Waals surface area contributed by atoms with Crippen LogP contribution in [0.3, 0.4) is 0 Å². The Morgan fingerprint density at radius 1 is 1.38 bits per heavy atom. The number of hydrogen-bond donors (Lipinski definition) is 2. The van der Waals surface area contributed by atoms with Crippen LogP contribution in [0.5, 0.6) is 0 Å². The van der Waals surface area contributed by atoms with Crippen LogP contribution in [0.25, 0.3) is 0 Å². The molecule has 0 spiro atoms. The first kappa shape index (κ1) is 15.9. The molecule has 1 amide bonds. The van der Waals surface area contributed by atoms with Gasteiger partial charge < -0.3 is 11.1 Å². The summed E-state index contributed by atoms with van der Waals surface area (Å²) < 4.78 is 26.8. The molecular formula is C16H22F2N2O. The smallest absolute Gasteiger partial charge is 0.223 e. The van der Waals surface area contributed by atoms with Gasteiger partial charge >= 0.3 is 0 Å². The molecule has 2 rings (SSSR count). The summed E-state index contributed by atoms with van der Waals surface area (Å²) in [6.07, 6.45) is 2.11. The monoisotopic (exact) mass is 296 g/mol. The van der Waals surface area contributed by atoms with Gasteiger partial charge in [-0.15, -0.1) is 0 Å². The molecule has 2 atom stereocenters. The van der Waals surface area contributed by atoms with Gasteiger partial charge in [0.2, 0.25) is 5.91 Å². The average molecular weight is 296 g/mol. The fourth-order valence-corrected chi connectivity index (χ4v) is 2.52. The first-order valence-corrected chi connectivity index (χ1v) is 7.41. The van der Waals surface area contributed by atoms with Crippen molar-refractivity contribution in [3.8, 4) is 0 Å². The highest BCUT2D eigenvalue weighted by atomic mass is 19.1. The molecule has 3 nitrogen and oxygen atoms in total. The number of carbonyl (C=O) groups excluding carboxylic acids is 1. The summed E-state index contributed by atoms with van der Waals surface area (Å²) in [5.41, 5.74) is 6.02. The van der Waals surface area contributed by atoms with E-state index in [1.807, 2.05) is 13.8 Å². The van der Waals surface area contributed by atoms with E-state index in [9.17, 15) is 13.6 Å². The quantitative estimate of drug-likeness (QED) is 0.848. The normalized spacial score (nSPS) is 21.2. The topological polar surface area (TPSA) is 55.1 Å². The Morgan fingerprint density at radius 3 is 2.67 bits per heavy atom. The van der Waals surface area contributed by atoms with Gasteiger partial charge in [-0.3, -0.25) is 4.79 Å². The largest absolute Gasteiger partial charge is 0.354 e. The van der Waals surface area contributed by atoms with Crippen LogP contribution in [0, 0.1) is 17.6 Å². The predicted octanol–water partition coefficient (Wildman–Crippen LogP) is 2.70. The third-order valence-electron chi connectivity index (χ3n) is 4.51. The Hall–Kier alpha value is -1.49. The first-order chi connectivity index (χ1) is 9.90. The molecule has 116 valence electrons. The molecular weight excluding hydrogens is 274 g/mol. The van der Waals surface area contributed by atoms with Crippen molar-refractivity contribution >= 4 is 5.91 Å². The number of nitrogens with one attached hydrogen (secondary N) is 1. The van der Waals surface area contributed by atoms with Crippen molar-refractivity contribution in [2.45, 2.75) is 44.6 Å². The van der Waals surface area contributed by atoms with Crippen molar-refractivity contribution in [2.24, 2.45) is 11.7 Å². The minimum absolute atomic E-state index is 0.125. The number of nitrogens with two attached hydrogens (primary N) is 1. The molecule has 5 heteroatoms. The second-order valence-corrected chi connectivity index (χ2v) is 5.90. The summed E-state index contributed by atoms with van der Waals surface area (Å²) >= 11 is 0. The van der Waals surface area contributed by atoms with E-state index in [1.165, 1.54) is 6.07 Å². The van der Waals surface area contributed by atoms with E-state index in [1.54, 1.807) is 0 Å². The van der Waals surface area contributed by atoms with E-state index in [-0.39, 0.29) is 17.7 Å². The molecule has 1 fully saturated rings. The Bertz CT molecular complexity index is 529. The molecule has 1 aromatic carbocycles. The summed E-state index contributed by atoms with van der Waals surface area (Å²) in [5.74, 6) is -1.56. The molecule has 0 heterocycles. The minimum atomic E-state index is -0.476. The van der Waals surface area contributed by atoms with Crippen LogP contribution in [-0.2, 0) is 4.79 Å². The molecule has 1 saturated carbocycles. The number of halogens is 2. The van der Waals surface area contributed by atoms with Crippen molar-refractivity contribution in [3.63, 3.8) is 0 Å². The van der Waals surface area contributed by atoms with Crippen LogP contribution in [0.2, 0.25) is 0 Å².